The number of pyridine rings is 1. The van der Waals surface area contributed by atoms with E-state index in [1.54, 1.807) is 0 Å². The SMILES string of the molecule is CCCNCCCNCc1ccnc(C)c1. The monoisotopic (exact) mass is 221 g/mol. The van der Waals surface area contributed by atoms with Gasteiger partial charge in [0, 0.05) is 18.4 Å². The molecule has 0 unspecified atom stereocenters. The van der Waals surface area contributed by atoms with E-state index in [9.17, 15) is 0 Å². The summed E-state index contributed by atoms with van der Waals surface area (Å²) in [6.45, 7) is 8.46. The Bertz CT molecular complexity index is 286. The Morgan fingerprint density at radius 2 is 2.00 bits per heavy atom. The number of rotatable bonds is 8. The summed E-state index contributed by atoms with van der Waals surface area (Å²) in [6, 6.07) is 4.19. The Hall–Kier alpha value is -0.930. The van der Waals surface area contributed by atoms with E-state index in [1.165, 1.54) is 18.4 Å². The van der Waals surface area contributed by atoms with Crippen molar-refractivity contribution in [2.45, 2.75) is 33.2 Å². The van der Waals surface area contributed by atoms with Crippen LogP contribution >= 0.6 is 0 Å². The van der Waals surface area contributed by atoms with E-state index in [0.717, 1.165) is 31.9 Å². The first kappa shape index (κ1) is 13.1. The topological polar surface area (TPSA) is 37.0 Å². The highest BCUT2D eigenvalue weighted by Gasteiger charge is 1.93. The van der Waals surface area contributed by atoms with Crippen LogP contribution in [-0.4, -0.2) is 24.6 Å². The molecule has 0 saturated heterocycles. The quantitative estimate of drug-likeness (QED) is 0.658. The molecular formula is C13H23N3. The van der Waals surface area contributed by atoms with Crippen molar-refractivity contribution in [3.05, 3.63) is 29.6 Å². The smallest absolute Gasteiger partial charge is 0.0375 e. The van der Waals surface area contributed by atoms with Crippen LogP contribution in [0.5, 0.6) is 0 Å². The molecule has 1 aromatic rings. The first-order valence-electron chi connectivity index (χ1n) is 6.16. The average molecular weight is 221 g/mol. The van der Waals surface area contributed by atoms with Crippen molar-refractivity contribution in [1.82, 2.24) is 15.6 Å². The minimum atomic E-state index is 0.942. The summed E-state index contributed by atoms with van der Waals surface area (Å²) >= 11 is 0. The highest BCUT2D eigenvalue weighted by Crippen LogP contribution is 1.99. The zero-order valence-electron chi connectivity index (χ0n) is 10.4. The lowest BCUT2D eigenvalue weighted by atomic mass is 10.2. The van der Waals surface area contributed by atoms with E-state index in [4.69, 9.17) is 0 Å². The molecule has 0 aromatic carbocycles. The van der Waals surface area contributed by atoms with Gasteiger partial charge >= 0.3 is 0 Å². The number of hydrogen-bond acceptors (Lipinski definition) is 3. The summed E-state index contributed by atoms with van der Waals surface area (Å²) in [4.78, 5) is 4.18. The van der Waals surface area contributed by atoms with Crippen LogP contribution in [0.1, 0.15) is 31.0 Å². The maximum absolute atomic E-state index is 4.18. The van der Waals surface area contributed by atoms with E-state index < -0.39 is 0 Å². The third-order valence-electron chi connectivity index (χ3n) is 2.42. The van der Waals surface area contributed by atoms with Crippen LogP contribution in [0.15, 0.2) is 18.3 Å². The lowest BCUT2D eigenvalue weighted by molar-refractivity contribution is 0.592. The van der Waals surface area contributed by atoms with Gasteiger partial charge in [-0.15, -0.1) is 0 Å². The summed E-state index contributed by atoms with van der Waals surface area (Å²) in [5.41, 5.74) is 2.40. The second-order valence-corrected chi connectivity index (χ2v) is 4.09. The minimum absolute atomic E-state index is 0.942. The Morgan fingerprint density at radius 3 is 2.75 bits per heavy atom. The van der Waals surface area contributed by atoms with Crippen molar-refractivity contribution in [1.29, 1.82) is 0 Å². The number of hydrogen-bond donors (Lipinski definition) is 2. The molecule has 2 N–H and O–H groups in total. The second-order valence-electron chi connectivity index (χ2n) is 4.09. The number of nitrogens with zero attached hydrogens (tertiary/aromatic N) is 1. The first-order valence-corrected chi connectivity index (χ1v) is 6.16. The molecule has 0 aliphatic heterocycles. The number of aromatic nitrogens is 1. The molecule has 0 radical (unpaired) electrons. The molecule has 3 heteroatoms. The van der Waals surface area contributed by atoms with Gasteiger partial charge in [-0.25, -0.2) is 0 Å². The van der Waals surface area contributed by atoms with Gasteiger partial charge in [0.2, 0.25) is 0 Å². The fraction of sp³-hybridized carbons (Fsp3) is 0.615. The molecule has 1 aromatic heterocycles. The molecule has 0 aliphatic rings. The lowest BCUT2D eigenvalue weighted by Gasteiger charge is -2.06. The summed E-state index contributed by atoms with van der Waals surface area (Å²) in [7, 11) is 0. The van der Waals surface area contributed by atoms with Crippen LogP contribution in [0.25, 0.3) is 0 Å². The maximum Gasteiger partial charge on any atom is 0.0375 e. The summed E-state index contributed by atoms with van der Waals surface area (Å²) in [6.07, 6.45) is 4.27. The predicted molar refractivity (Wildman–Crippen MR) is 68.5 cm³/mol. The highest BCUT2D eigenvalue weighted by atomic mass is 14.9. The van der Waals surface area contributed by atoms with E-state index in [0.29, 0.717) is 0 Å². The number of nitrogens with one attached hydrogen (secondary N) is 2. The zero-order valence-corrected chi connectivity index (χ0v) is 10.4. The fourth-order valence-electron chi connectivity index (χ4n) is 1.59. The Morgan fingerprint density at radius 1 is 1.19 bits per heavy atom. The van der Waals surface area contributed by atoms with Crippen LogP contribution in [0, 0.1) is 6.92 Å². The minimum Gasteiger partial charge on any atom is -0.317 e. The fourth-order valence-corrected chi connectivity index (χ4v) is 1.59. The zero-order chi connectivity index (χ0) is 11.6. The van der Waals surface area contributed by atoms with Gasteiger partial charge in [0.1, 0.15) is 0 Å². The molecular weight excluding hydrogens is 198 g/mol. The van der Waals surface area contributed by atoms with Crippen LogP contribution in [0.3, 0.4) is 0 Å². The van der Waals surface area contributed by atoms with E-state index in [1.807, 2.05) is 13.1 Å². The average Bonchev–Trinajstić information content (AvgIpc) is 2.28. The third-order valence-corrected chi connectivity index (χ3v) is 2.42. The molecule has 90 valence electrons. The molecule has 1 rings (SSSR count). The van der Waals surface area contributed by atoms with Gasteiger partial charge in [-0.05, 0) is 57.1 Å². The molecule has 0 fully saturated rings. The molecule has 3 nitrogen and oxygen atoms in total. The second kappa shape index (κ2) is 8.25. The van der Waals surface area contributed by atoms with Crippen LogP contribution in [0.4, 0.5) is 0 Å². The van der Waals surface area contributed by atoms with E-state index in [-0.39, 0.29) is 0 Å². The van der Waals surface area contributed by atoms with Gasteiger partial charge in [-0.1, -0.05) is 6.92 Å². The van der Waals surface area contributed by atoms with Gasteiger partial charge in [0.15, 0.2) is 0 Å². The summed E-state index contributed by atoms with van der Waals surface area (Å²) < 4.78 is 0. The van der Waals surface area contributed by atoms with E-state index >= 15 is 0 Å². The largest absolute Gasteiger partial charge is 0.317 e. The van der Waals surface area contributed by atoms with Gasteiger partial charge in [-0.3, -0.25) is 4.98 Å². The number of aryl methyl sites for hydroxylation is 1. The molecule has 0 saturated carbocycles. The Balaban J connectivity index is 2.03. The van der Waals surface area contributed by atoms with Crippen LogP contribution in [0.2, 0.25) is 0 Å². The maximum atomic E-state index is 4.18. The van der Waals surface area contributed by atoms with E-state index in [2.05, 4.69) is 34.7 Å². The molecule has 16 heavy (non-hydrogen) atoms. The van der Waals surface area contributed by atoms with Gasteiger partial charge in [0.05, 0.1) is 0 Å². The molecule has 0 spiro atoms. The van der Waals surface area contributed by atoms with Gasteiger partial charge in [-0.2, -0.15) is 0 Å². The summed E-state index contributed by atoms with van der Waals surface area (Å²) in [5, 5.41) is 6.83. The first-order chi connectivity index (χ1) is 7.83. The van der Waals surface area contributed by atoms with Gasteiger partial charge in [0.25, 0.3) is 0 Å². The normalized spacial score (nSPS) is 10.6. The van der Waals surface area contributed by atoms with Crippen molar-refractivity contribution >= 4 is 0 Å². The predicted octanol–water partition coefficient (Wildman–Crippen LogP) is 1.87. The van der Waals surface area contributed by atoms with Crippen molar-refractivity contribution in [2.24, 2.45) is 0 Å². The highest BCUT2D eigenvalue weighted by molar-refractivity contribution is 5.14. The molecule has 0 bridgehead atoms. The van der Waals surface area contributed by atoms with Gasteiger partial charge < -0.3 is 10.6 Å². The van der Waals surface area contributed by atoms with Crippen molar-refractivity contribution < 1.29 is 0 Å². The van der Waals surface area contributed by atoms with Crippen molar-refractivity contribution in [3.63, 3.8) is 0 Å². The summed E-state index contributed by atoms with van der Waals surface area (Å²) in [5.74, 6) is 0. The van der Waals surface area contributed by atoms with Crippen LogP contribution in [-0.2, 0) is 6.54 Å². The Kier molecular flexibility index (Phi) is 6.77. The molecule has 0 atom stereocenters. The standard InChI is InChI=1S/C13H23N3/c1-3-6-14-7-4-8-15-11-13-5-9-16-12(2)10-13/h5,9-10,14-15H,3-4,6-8,11H2,1-2H3. The molecule has 0 aliphatic carbocycles. The molecule has 1 heterocycles. The lowest BCUT2D eigenvalue weighted by Crippen LogP contribution is -2.22. The van der Waals surface area contributed by atoms with Crippen molar-refractivity contribution in [3.8, 4) is 0 Å². The molecule has 0 amide bonds. The Labute approximate surface area is 98.7 Å². The third kappa shape index (κ3) is 5.83. The van der Waals surface area contributed by atoms with Crippen molar-refractivity contribution in [2.75, 3.05) is 19.6 Å². The van der Waals surface area contributed by atoms with Crippen LogP contribution < -0.4 is 10.6 Å².